The lowest BCUT2D eigenvalue weighted by Gasteiger charge is -2.06. The Morgan fingerprint density at radius 1 is 1.32 bits per heavy atom. The van der Waals surface area contributed by atoms with Crippen molar-refractivity contribution in [1.29, 1.82) is 0 Å². The van der Waals surface area contributed by atoms with Crippen molar-refractivity contribution in [1.82, 2.24) is 9.97 Å². The van der Waals surface area contributed by atoms with E-state index in [0.717, 1.165) is 10.1 Å². The van der Waals surface area contributed by atoms with Crippen LogP contribution < -0.4 is 4.72 Å². The zero-order valence-electron chi connectivity index (χ0n) is 10.0. The molecule has 0 saturated carbocycles. The van der Waals surface area contributed by atoms with Crippen LogP contribution in [-0.4, -0.2) is 18.4 Å². The lowest BCUT2D eigenvalue weighted by Crippen LogP contribution is -2.13. The molecule has 2 aromatic heterocycles. The number of aromatic amines is 1. The lowest BCUT2D eigenvalue weighted by molar-refractivity contribution is 0.598. The third-order valence-electron chi connectivity index (χ3n) is 2.67. The average molecular weight is 293 g/mol. The van der Waals surface area contributed by atoms with Crippen LogP contribution >= 0.6 is 11.3 Å². The SMILES string of the molecule is Cc1ncc(S(=O)(=O)Nc2ccc3sccc3c2)[nH]1. The molecule has 0 spiro atoms. The van der Waals surface area contributed by atoms with Gasteiger partial charge in [0.05, 0.1) is 6.20 Å². The number of imidazole rings is 1. The second-order valence-electron chi connectivity index (χ2n) is 4.11. The van der Waals surface area contributed by atoms with Gasteiger partial charge in [-0.15, -0.1) is 11.3 Å². The lowest BCUT2D eigenvalue weighted by atomic mass is 10.2. The van der Waals surface area contributed by atoms with Gasteiger partial charge in [-0.05, 0) is 42.0 Å². The van der Waals surface area contributed by atoms with Crippen LogP contribution in [0.2, 0.25) is 0 Å². The number of thiophene rings is 1. The Labute approximate surface area is 114 Å². The Morgan fingerprint density at radius 2 is 2.16 bits per heavy atom. The fourth-order valence-electron chi connectivity index (χ4n) is 1.78. The first-order valence-corrected chi connectivity index (χ1v) is 7.92. The topological polar surface area (TPSA) is 74.8 Å². The molecular formula is C12H11N3O2S2. The van der Waals surface area contributed by atoms with E-state index in [1.165, 1.54) is 6.20 Å². The molecule has 0 amide bonds. The summed E-state index contributed by atoms with van der Waals surface area (Å²) in [6, 6.07) is 7.42. The first kappa shape index (κ1) is 12.2. The number of hydrogen-bond donors (Lipinski definition) is 2. The molecule has 0 aliphatic rings. The van der Waals surface area contributed by atoms with Gasteiger partial charge in [-0.3, -0.25) is 4.72 Å². The number of H-pyrrole nitrogens is 1. The Kier molecular flexibility index (Phi) is 2.79. The minimum absolute atomic E-state index is 0.0652. The van der Waals surface area contributed by atoms with Crippen molar-refractivity contribution in [2.75, 3.05) is 4.72 Å². The Balaban J connectivity index is 1.95. The van der Waals surface area contributed by atoms with Crippen molar-refractivity contribution < 1.29 is 8.42 Å². The summed E-state index contributed by atoms with van der Waals surface area (Å²) in [7, 11) is -3.61. The zero-order chi connectivity index (χ0) is 13.5. The van der Waals surface area contributed by atoms with Crippen molar-refractivity contribution >= 4 is 37.1 Å². The number of hydrogen-bond acceptors (Lipinski definition) is 4. The molecule has 5 nitrogen and oxygen atoms in total. The molecule has 7 heteroatoms. The maximum atomic E-state index is 12.1. The summed E-state index contributed by atoms with van der Waals surface area (Å²) < 4.78 is 27.9. The normalized spacial score (nSPS) is 11.8. The van der Waals surface area contributed by atoms with E-state index in [1.54, 1.807) is 24.3 Å². The van der Waals surface area contributed by atoms with Crippen molar-refractivity contribution in [3.05, 3.63) is 41.7 Å². The van der Waals surface area contributed by atoms with Crippen molar-refractivity contribution in [2.45, 2.75) is 11.9 Å². The van der Waals surface area contributed by atoms with Gasteiger partial charge in [0.25, 0.3) is 10.0 Å². The standard InChI is InChI=1S/C12H11N3O2S2/c1-8-13-7-12(14-8)19(16,17)15-10-2-3-11-9(6-10)4-5-18-11/h2-7,15H,1H3,(H,13,14). The summed E-state index contributed by atoms with van der Waals surface area (Å²) in [6.07, 6.45) is 1.31. The minimum Gasteiger partial charge on any atom is -0.332 e. The van der Waals surface area contributed by atoms with Gasteiger partial charge >= 0.3 is 0 Å². The van der Waals surface area contributed by atoms with Gasteiger partial charge in [-0.2, -0.15) is 8.42 Å². The fourth-order valence-corrected chi connectivity index (χ4v) is 3.57. The number of benzene rings is 1. The molecule has 0 radical (unpaired) electrons. The van der Waals surface area contributed by atoms with E-state index in [-0.39, 0.29) is 5.03 Å². The molecule has 2 N–H and O–H groups in total. The number of nitrogens with one attached hydrogen (secondary N) is 2. The van der Waals surface area contributed by atoms with Crippen molar-refractivity contribution in [3.8, 4) is 0 Å². The molecule has 0 saturated heterocycles. The smallest absolute Gasteiger partial charge is 0.278 e. The highest BCUT2D eigenvalue weighted by Gasteiger charge is 2.16. The molecule has 1 aromatic carbocycles. The predicted molar refractivity (Wildman–Crippen MR) is 76.0 cm³/mol. The summed E-state index contributed by atoms with van der Waals surface area (Å²) in [4.78, 5) is 6.60. The van der Waals surface area contributed by atoms with Gasteiger partial charge in [0.2, 0.25) is 0 Å². The molecule has 0 atom stereocenters. The summed E-state index contributed by atoms with van der Waals surface area (Å²) in [6.45, 7) is 1.70. The van der Waals surface area contributed by atoms with Crippen LogP contribution in [-0.2, 0) is 10.0 Å². The highest BCUT2D eigenvalue weighted by molar-refractivity contribution is 7.92. The maximum Gasteiger partial charge on any atom is 0.278 e. The molecule has 0 aliphatic heterocycles. The van der Waals surface area contributed by atoms with Gasteiger partial charge in [-0.25, -0.2) is 4.98 Å². The number of nitrogens with zero attached hydrogens (tertiary/aromatic N) is 1. The van der Waals surface area contributed by atoms with Gasteiger partial charge < -0.3 is 4.98 Å². The molecule has 3 aromatic rings. The Hall–Kier alpha value is -1.86. The summed E-state index contributed by atoms with van der Waals surface area (Å²) in [5.74, 6) is 0.564. The molecule has 19 heavy (non-hydrogen) atoms. The largest absolute Gasteiger partial charge is 0.332 e. The van der Waals surface area contributed by atoms with Gasteiger partial charge in [0.15, 0.2) is 5.03 Å². The third-order valence-corrected chi connectivity index (χ3v) is 4.86. The van der Waals surface area contributed by atoms with E-state index in [9.17, 15) is 8.42 Å². The highest BCUT2D eigenvalue weighted by atomic mass is 32.2. The Morgan fingerprint density at radius 3 is 2.89 bits per heavy atom. The van der Waals surface area contributed by atoms with E-state index in [1.807, 2.05) is 23.6 Å². The molecular weight excluding hydrogens is 282 g/mol. The van der Waals surface area contributed by atoms with Gasteiger partial charge in [0.1, 0.15) is 5.82 Å². The number of aromatic nitrogens is 2. The van der Waals surface area contributed by atoms with Crippen LogP contribution in [0.15, 0.2) is 40.9 Å². The van der Waals surface area contributed by atoms with E-state index in [4.69, 9.17) is 0 Å². The molecule has 2 heterocycles. The minimum atomic E-state index is -3.61. The molecule has 98 valence electrons. The van der Waals surface area contributed by atoms with Crippen LogP contribution in [0, 0.1) is 6.92 Å². The molecule has 0 fully saturated rings. The van der Waals surface area contributed by atoms with Crippen LogP contribution in [0.5, 0.6) is 0 Å². The first-order valence-electron chi connectivity index (χ1n) is 5.56. The number of aryl methyl sites for hydroxylation is 1. The summed E-state index contributed by atoms with van der Waals surface area (Å²) in [5, 5.41) is 3.06. The monoisotopic (exact) mass is 293 g/mol. The summed E-state index contributed by atoms with van der Waals surface area (Å²) in [5.41, 5.74) is 0.540. The average Bonchev–Trinajstić information content (AvgIpc) is 2.96. The van der Waals surface area contributed by atoms with E-state index in [2.05, 4.69) is 14.7 Å². The van der Waals surface area contributed by atoms with Crippen molar-refractivity contribution in [2.24, 2.45) is 0 Å². The van der Waals surface area contributed by atoms with Gasteiger partial charge in [0, 0.05) is 10.4 Å². The molecule has 0 bridgehead atoms. The second kappa shape index (κ2) is 4.36. The first-order chi connectivity index (χ1) is 9.04. The van der Waals surface area contributed by atoms with E-state index in [0.29, 0.717) is 11.5 Å². The predicted octanol–water partition coefficient (Wildman–Crippen LogP) is 2.73. The van der Waals surface area contributed by atoms with Crippen LogP contribution in [0.4, 0.5) is 5.69 Å². The van der Waals surface area contributed by atoms with E-state index < -0.39 is 10.0 Å². The highest BCUT2D eigenvalue weighted by Crippen LogP contribution is 2.25. The van der Waals surface area contributed by atoms with Crippen LogP contribution in [0.3, 0.4) is 0 Å². The molecule has 0 unspecified atom stereocenters. The number of rotatable bonds is 3. The molecule has 3 rings (SSSR count). The Bertz CT molecular complexity index is 833. The van der Waals surface area contributed by atoms with E-state index >= 15 is 0 Å². The third kappa shape index (κ3) is 2.34. The van der Waals surface area contributed by atoms with Crippen molar-refractivity contribution in [3.63, 3.8) is 0 Å². The van der Waals surface area contributed by atoms with Crippen LogP contribution in [0.1, 0.15) is 5.82 Å². The fraction of sp³-hybridized carbons (Fsp3) is 0.0833. The number of anilines is 1. The maximum absolute atomic E-state index is 12.1. The summed E-state index contributed by atoms with van der Waals surface area (Å²) >= 11 is 1.62. The quantitative estimate of drug-likeness (QED) is 0.779. The molecule has 0 aliphatic carbocycles. The number of fused-ring (bicyclic) bond motifs is 1. The second-order valence-corrected chi connectivity index (χ2v) is 6.71. The van der Waals surface area contributed by atoms with Gasteiger partial charge in [-0.1, -0.05) is 0 Å². The zero-order valence-corrected chi connectivity index (χ0v) is 11.7. The number of sulfonamides is 1. The van der Waals surface area contributed by atoms with Crippen LogP contribution in [0.25, 0.3) is 10.1 Å².